The van der Waals surface area contributed by atoms with Crippen molar-refractivity contribution in [3.8, 4) is 0 Å². The van der Waals surface area contributed by atoms with E-state index < -0.39 is 0 Å². The third-order valence-electron chi connectivity index (χ3n) is 1.82. The molecule has 0 saturated heterocycles. The molecule has 0 aliphatic carbocycles. The Labute approximate surface area is 86.9 Å². The van der Waals surface area contributed by atoms with Gasteiger partial charge in [-0.25, -0.2) is 4.98 Å². The third-order valence-corrected chi connectivity index (χ3v) is 3.03. The molecule has 0 aliphatic heterocycles. The SMILES string of the molecule is Cn1ccc2c(Br)cnc(Br)c21. The lowest BCUT2D eigenvalue weighted by molar-refractivity contribution is 0.960. The van der Waals surface area contributed by atoms with Crippen LogP contribution in [0.4, 0.5) is 0 Å². The van der Waals surface area contributed by atoms with Crippen LogP contribution in [0.25, 0.3) is 10.9 Å². The van der Waals surface area contributed by atoms with E-state index in [9.17, 15) is 0 Å². The van der Waals surface area contributed by atoms with Crippen molar-refractivity contribution in [3.05, 3.63) is 27.5 Å². The molecule has 2 heterocycles. The minimum atomic E-state index is 0.883. The molecule has 2 aromatic heterocycles. The van der Waals surface area contributed by atoms with Crippen LogP contribution in [0.2, 0.25) is 0 Å². The predicted molar refractivity (Wildman–Crippen MR) is 56.1 cm³/mol. The van der Waals surface area contributed by atoms with E-state index in [2.05, 4.69) is 42.9 Å². The van der Waals surface area contributed by atoms with E-state index in [-0.39, 0.29) is 0 Å². The monoisotopic (exact) mass is 288 g/mol. The molecule has 0 atom stereocenters. The van der Waals surface area contributed by atoms with Gasteiger partial charge in [0.15, 0.2) is 0 Å². The number of nitrogens with zero attached hydrogens (tertiary/aromatic N) is 2. The van der Waals surface area contributed by atoms with Crippen molar-refractivity contribution in [2.75, 3.05) is 0 Å². The molecular formula is C8H6Br2N2. The van der Waals surface area contributed by atoms with Gasteiger partial charge in [0.1, 0.15) is 4.60 Å². The fourth-order valence-corrected chi connectivity index (χ4v) is 2.24. The molecule has 0 bridgehead atoms. The molecule has 2 aromatic rings. The summed E-state index contributed by atoms with van der Waals surface area (Å²) in [5.41, 5.74) is 1.12. The molecule has 2 nitrogen and oxygen atoms in total. The first-order valence-corrected chi connectivity index (χ1v) is 5.04. The van der Waals surface area contributed by atoms with Crippen molar-refractivity contribution in [1.29, 1.82) is 0 Å². The van der Waals surface area contributed by atoms with E-state index in [1.807, 2.05) is 17.8 Å². The van der Waals surface area contributed by atoms with Gasteiger partial charge in [-0.3, -0.25) is 0 Å². The Morgan fingerprint density at radius 1 is 1.42 bits per heavy atom. The Morgan fingerprint density at radius 2 is 2.17 bits per heavy atom. The molecule has 0 unspecified atom stereocenters. The minimum Gasteiger partial charge on any atom is -0.348 e. The number of fused-ring (bicyclic) bond motifs is 1. The van der Waals surface area contributed by atoms with Gasteiger partial charge in [0.25, 0.3) is 0 Å². The average Bonchev–Trinajstić information content (AvgIpc) is 2.42. The highest BCUT2D eigenvalue weighted by molar-refractivity contribution is 9.11. The second kappa shape index (κ2) is 2.85. The van der Waals surface area contributed by atoms with Gasteiger partial charge in [0.05, 0.1) is 5.52 Å². The topological polar surface area (TPSA) is 17.8 Å². The molecule has 0 fully saturated rings. The minimum absolute atomic E-state index is 0.883. The van der Waals surface area contributed by atoms with E-state index in [0.717, 1.165) is 14.6 Å². The van der Waals surface area contributed by atoms with E-state index in [0.29, 0.717) is 0 Å². The summed E-state index contributed by atoms with van der Waals surface area (Å²) in [5, 5.41) is 1.18. The van der Waals surface area contributed by atoms with Crippen molar-refractivity contribution >= 4 is 42.8 Å². The number of aromatic nitrogens is 2. The van der Waals surface area contributed by atoms with Gasteiger partial charge >= 0.3 is 0 Å². The van der Waals surface area contributed by atoms with E-state index in [4.69, 9.17) is 0 Å². The highest BCUT2D eigenvalue weighted by Crippen LogP contribution is 2.28. The highest BCUT2D eigenvalue weighted by Gasteiger charge is 2.06. The normalized spacial score (nSPS) is 10.9. The fraction of sp³-hybridized carbons (Fsp3) is 0.125. The van der Waals surface area contributed by atoms with Crippen LogP contribution in [0, 0.1) is 0 Å². The summed E-state index contributed by atoms with van der Waals surface area (Å²) >= 11 is 6.86. The van der Waals surface area contributed by atoms with Gasteiger partial charge < -0.3 is 4.57 Å². The third kappa shape index (κ3) is 1.10. The lowest BCUT2D eigenvalue weighted by Crippen LogP contribution is -1.87. The van der Waals surface area contributed by atoms with Gasteiger partial charge in [-0.05, 0) is 37.9 Å². The van der Waals surface area contributed by atoms with Crippen LogP contribution >= 0.6 is 31.9 Å². The Balaban J connectivity index is 2.98. The molecule has 62 valence electrons. The number of aryl methyl sites for hydroxylation is 1. The molecule has 0 saturated carbocycles. The Morgan fingerprint density at radius 3 is 2.83 bits per heavy atom. The summed E-state index contributed by atoms with van der Waals surface area (Å²) in [7, 11) is 2.00. The van der Waals surface area contributed by atoms with Crippen LogP contribution < -0.4 is 0 Å². The Hall–Kier alpha value is -0.350. The molecule has 0 aromatic carbocycles. The molecule has 0 aliphatic rings. The van der Waals surface area contributed by atoms with Crippen LogP contribution in [0.3, 0.4) is 0 Å². The maximum absolute atomic E-state index is 4.19. The summed E-state index contributed by atoms with van der Waals surface area (Å²) in [6.45, 7) is 0. The molecule has 0 radical (unpaired) electrons. The number of rotatable bonds is 0. The van der Waals surface area contributed by atoms with Crippen LogP contribution in [0.5, 0.6) is 0 Å². The quantitative estimate of drug-likeness (QED) is 0.682. The lowest BCUT2D eigenvalue weighted by Gasteiger charge is -1.99. The van der Waals surface area contributed by atoms with Gasteiger partial charge in [0, 0.05) is 29.3 Å². The van der Waals surface area contributed by atoms with Gasteiger partial charge in [-0.1, -0.05) is 0 Å². The van der Waals surface area contributed by atoms with Crippen molar-refractivity contribution < 1.29 is 0 Å². The van der Waals surface area contributed by atoms with Gasteiger partial charge in [0.2, 0.25) is 0 Å². The van der Waals surface area contributed by atoms with Crippen LogP contribution in [-0.4, -0.2) is 9.55 Å². The zero-order valence-electron chi connectivity index (χ0n) is 6.38. The second-order valence-corrected chi connectivity index (χ2v) is 4.19. The first kappa shape index (κ1) is 8.26. The van der Waals surface area contributed by atoms with Gasteiger partial charge in [-0.15, -0.1) is 0 Å². The zero-order valence-corrected chi connectivity index (χ0v) is 9.55. The molecule has 12 heavy (non-hydrogen) atoms. The molecule has 0 amide bonds. The molecule has 4 heteroatoms. The molecular weight excluding hydrogens is 284 g/mol. The molecule has 0 spiro atoms. The lowest BCUT2D eigenvalue weighted by atomic mass is 10.3. The number of hydrogen-bond acceptors (Lipinski definition) is 1. The maximum atomic E-state index is 4.19. The summed E-state index contributed by atoms with van der Waals surface area (Å²) in [6, 6.07) is 2.06. The maximum Gasteiger partial charge on any atom is 0.130 e. The van der Waals surface area contributed by atoms with E-state index in [1.165, 1.54) is 5.39 Å². The first-order chi connectivity index (χ1) is 5.70. The molecule has 2 rings (SSSR count). The summed E-state index contributed by atoms with van der Waals surface area (Å²) in [5.74, 6) is 0. The fourth-order valence-electron chi connectivity index (χ4n) is 1.22. The number of halogens is 2. The number of pyridine rings is 1. The number of hydrogen-bond donors (Lipinski definition) is 0. The average molecular weight is 290 g/mol. The summed E-state index contributed by atoms with van der Waals surface area (Å²) in [6.07, 6.45) is 3.81. The van der Waals surface area contributed by atoms with E-state index in [1.54, 1.807) is 6.20 Å². The van der Waals surface area contributed by atoms with Crippen LogP contribution in [-0.2, 0) is 7.05 Å². The van der Waals surface area contributed by atoms with E-state index >= 15 is 0 Å². The van der Waals surface area contributed by atoms with Crippen molar-refractivity contribution in [2.24, 2.45) is 7.05 Å². The smallest absolute Gasteiger partial charge is 0.130 e. The predicted octanol–water partition coefficient (Wildman–Crippen LogP) is 3.10. The van der Waals surface area contributed by atoms with Crippen molar-refractivity contribution in [3.63, 3.8) is 0 Å². The van der Waals surface area contributed by atoms with Crippen LogP contribution in [0.1, 0.15) is 0 Å². The highest BCUT2D eigenvalue weighted by atomic mass is 79.9. The first-order valence-electron chi connectivity index (χ1n) is 3.45. The van der Waals surface area contributed by atoms with Crippen molar-refractivity contribution in [2.45, 2.75) is 0 Å². The zero-order chi connectivity index (χ0) is 8.72. The summed E-state index contributed by atoms with van der Waals surface area (Å²) < 4.78 is 3.95. The van der Waals surface area contributed by atoms with Gasteiger partial charge in [-0.2, -0.15) is 0 Å². The Kier molecular flexibility index (Phi) is 1.96. The standard InChI is InChI=1S/C8H6Br2N2/c1-12-3-2-5-6(9)4-11-8(10)7(5)12/h2-4H,1H3. The summed E-state index contributed by atoms with van der Waals surface area (Å²) in [4.78, 5) is 4.19. The largest absolute Gasteiger partial charge is 0.348 e. The second-order valence-electron chi connectivity index (χ2n) is 2.59. The molecule has 0 N–H and O–H groups in total. The van der Waals surface area contributed by atoms with Crippen LogP contribution in [0.15, 0.2) is 27.5 Å². The van der Waals surface area contributed by atoms with Crippen molar-refractivity contribution in [1.82, 2.24) is 9.55 Å². The Bertz CT molecular complexity index is 434.